The summed E-state index contributed by atoms with van der Waals surface area (Å²) in [5, 5.41) is 18.1. The number of ether oxygens (including phenoxy) is 1. The van der Waals surface area contributed by atoms with Gasteiger partial charge in [0, 0.05) is 27.4 Å². The zero-order valence-electron chi connectivity index (χ0n) is 10.8. The molecule has 0 aliphatic rings. The Balaban J connectivity index is 3.73. The van der Waals surface area contributed by atoms with Gasteiger partial charge in [0.2, 0.25) is 0 Å². The van der Waals surface area contributed by atoms with Crippen molar-refractivity contribution in [2.75, 3.05) is 41.2 Å². The molecule has 0 aliphatic heterocycles. The summed E-state index contributed by atoms with van der Waals surface area (Å²) in [6, 6.07) is 0.660. The first-order chi connectivity index (χ1) is 8.14. The summed E-state index contributed by atoms with van der Waals surface area (Å²) in [5.74, 6) is 0. The monoisotopic (exact) mass is 268 g/mol. The molecule has 0 aromatic rings. The molecule has 17 heavy (non-hydrogen) atoms. The number of aliphatic hydroxyl groups is 2. The van der Waals surface area contributed by atoms with Crippen molar-refractivity contribution in [1.29, 1.82) is 0 Å². The van der Waals surface area contributed by atoms with Gasteiger partial charge in [-0.1, -0.05) is 0 Å². The van der Waals surface area contributed by atoms with E-state index in [4.69, 9.17) is 23.1 Å². The Hall–Kier alpha value is -0.0231. The summed E-state index contributed by atoms with van der Waals surface area (Å²) in [5.41, 5.74) is 0. The molecule has 0 aromatic heterocycles. The smallest absolute Gasteiger partial charge is 0.394 e. The lowest BCUT2D eigenvalue weighted by molar-refractivity contribution is 0.0171. The summed E-state index contributed by atoms with van der Waals surface area (Å²) in [6.07, 6.45) is 0.806. The highest BCUT2D eigenvalue weighted by Gasteiger charge is 2.36. The highest BCUT2D eigenvalue weighted by molar-refractivity contribution is 6.60. The van der Waals surface area contributed by atoms with Crippen LogP contribution in [-0.4, -0.2) is 66.3 Å². The zero-order valence-corrected chi connectivity index (χ0v) is 11.8. The van der Waals surface area contributed by atoms with Crippen LogP contribution in [0.5, 0.6) is 0 Å². The van der Waals surface area contributed by atoms with Crippen molar-refractivity contribution in [3.63, 3.8) is 0 Å². The molecule has 0 fully saturated rings. The average molecular weight is 268 g/mol. The third kappa shape index (κ3) is 7.09. The van der Waals surface area contributed by atoms with Crippen LogP contribution in [0.2, 0.25) is 6.04 Å². The van der Waals surface area contributed by atoms with Gasteiger partial charge in [-0.05, 0) is 12.8 Å². The SMILES string of the molecule is CO[Si](CCCC(O)COCCO)(OC)OC. The molecule has 0 amide bonds. The fourth-order valence-electron chi connectivity index (χ4n) is 1.48. The highest BCUT2D eigenvalue weighted by Crippen LogP contribution is 2.17. The molecule has 7 heteroatoms. The molecular weight excluding hydrogens is 244 g/mol. The predicted octanol–water partition coefficient (Wildman–Crippen LogP) is 0.0145. The van der Waals surface area contributed by atoms with Crippen LogP contribution in [0.4, 0.5) is 0 Å². The van der Waals surface area contributed by atoms with Gasteiger partial charge in [-0.3, -0.25) is 0 Å². The molecule has 0 aliphatic carbocycles. The van der Waals surface area contributed by atoms with Crippen LogP contribution >= 0.6 is 0 Å². The van der Waals surface area contributed by atoms with Crippen molar-refractivity contribution < 1.29 is 28.2 Å². The van der Waals surface area contributed by atoms with Crippen molar-refractivity contribution >= 4 is 8.80 Å². The molecular formula is C10H24O6Si. The first-order valence-corrected chi connectivity index (χ1v) is 7.59. The average Bonchev–Trinajstić information content (AvgIpc) is 2.36. The van der Waals surface area contributed by atoms with Crippen LogP contribution in [0.25, 0.3) is 0 Å². The third-order valence-corrected chi connectivity index (χ3v) is 5.33. The van der Waals surface area contributed by atoms with Gasteiger partial charge in [-0.15, -0.1) is 0 Å². The van der Waals surface area contributed by atoms with Gasteiger partial charge < -0.3 is 28.2 Å². The minimum Gasteiger partial charge on any atom is -0.394 e. The van der Waals surface area contributed by atoms with E-state index in [0.717, 1.165) is 6.42 Å². The molecule has 6 nitrogen and oxygen atoms in total. The maximum atomic E-state index is 9.58. The molecule has 0 bridgehead atoms. The van der Waals surface area contributed by atoms with Crippen LogP contribution in [0.1, 0.15) is 12.8 Å². The molecule has 0 aromatic carbocycles. The summed E-state index contributed by atoms with van der Waals surface area (Å²) >= 11 is 0. The van der Waals surface area contributed by atoms with E-state index in [-0.39, 0.29) is 19.8 Å². The lowest BCUT2D eigenvalue weighted by atomic mass is 10.2. The largest absolute Gasteiger partial charge is 0.500 e. The second kappa shape index (κ2) is 9.95. The van der Waals surface area contributed by atoms with E-state index in [1.807, 2.05) is 0 Å². The Kier molecular flexibility index (Phi) is 9.94. The van der Waals surface area contributed by atoms with Gasteiger partial charge in [0.25, 0.3) is 0 Å². The summed E-state index contributed by atoms with van der Waals surface area (Å²) in [4.78, 5) is 0. The number of aliphatic hydroxyl groups excluding tert-OH is 2. The number of hydrogen-bond acceptors (Lipinski definition) is 6. The Morgan fingerprint density at radius 3 is 2.18 bits per heavy atom. The number of hydrogen-bond donors (Lipinski definition) is 2. The Morgan fingerprint density at radius 2 is 1.71 bits per heavy atom. The second-order valence-electron chi connectivity index (χ2n) is 3.64. The number of rotatable bonds is 11. The zero-order chi connectivity index (χ0) is 13.1. The van der Waals surface area contributed by atoms with E-state index in [1.165, 1.54) is 0 Å². The van der Waals surface area contributed by atoms with Gasteiger partial charge in [-0.2, -0.15) is 0 Å². The van der Waals surface area contributed by atoms with Crippen molar-refractivity contribution in [3.05, 3.63) is 0 Å². The third-order valence-electron chi connectivity index (χ3n) is 2.50. The summed E-state index contributed by atoms with van der Waals surface area (Å²) in [7, 11) is 2.19. The minimum atomic E-state index is -2.51. The van der Waals surface area contributed by atoms with Gasteiger partial charge in [0.15, 0.2) is 0 Å². The highest BCUT2D eigenvalue weighted by atomic mass is 28.4. The summed E-state index contributed by atoms with van der Waals surface area (Å²) in [6.45, 7) is 0.464. The first-order valence-electron chi connectivity index (χ1n) is 5.66. The molecule has 1 unspecified atom stereocenters. The maximum absolute atomic E-state index is 9.58. The van der Waals surface area contributed by atoms with Crippen LogP contribution in [-0.2, 0) is 18.0 Å². The van der Waals surface area contributed by atoms with E-state index in [9.17, 15) is 5.11 Å². The molecule has 0 rings (SSSR count). The Morgan fingerprint density at radius 1 is 1.12 bits per heavy atom. The van der Waals surface area contributed by atoms with Crippen molar-refractivity contribution in [2.45, 2.75) is 25.0 Å². The fourth-order valence-corrected chi connectivity index (χ4v) is 3.23. The van der Waals surface area contributed by atoms with Gasteiger partial charge in [-0.25, -0.2) is 0 Å². The molecule has 2 N–H and O–H groups in total. The van der Waals surface area contributed by atoms with E-state index < -0.39 is 14.9 Å². The van der Waals surface area contributed by atoms with Crippen LogP contribution in [0, 0.1) is 0 Å². The predicted molar refractivity (Wildman–Crippen MR) is 64.7 cm³/mol. The van der Waals surface area contributed by atoms with Crippen molar-refractivity contribution in [2.24, 2.45) is 0 Å². The van der Waals surface area contributed by atoms with Crippen LogP contribution in [0.3, 0.4) is 0 Å². The lowest BCUT2D eigenvalue weighted by Crippen LogP contribution is -2.42. The lowest BCUT2D eigenvalue weighted by Gasteiger charge is -2.24. The topological polar surface area (TPSA) is 77.4 Å². The molecule has 1 atom stereocenters. The van der Waals surface area contributed by atoms with E-state index in [2.05, 4.69) is 0 Å². The van der Waals surface area contributed by atoms with Crippen molar-refractivity contribution in [3.8, 4) is 0 Å². The van der Waals surface area contributed by atoms with Gasteiger partial charge in [0.1, 0.15) is 0 Å². The van der Waals surface area contributed by atoms with Gasteiger partial charge >= 0.3 is 8.80 Å². The maximum Gasteiger partial charge on any atom is 0.500 e. The molecule has 0 saturated heterocycles. The molecule has 0 saturated carbocycles. The van der Waals surface area contributed by atoms with E-state index in [0.29, 0.717) is 12.5 Å². The minimum absolute atomic E-state index is 0.0280. The standard InChI is InChI=1S/C10H24O6Si/c1-13-17(14-2,15-3)8-4-5-10(12)9-16-7-6-11/h10-12H,4-9H2,1-3H3. The van der Waals surface area contributed by atoms with Gasteiger partial charge in [0.05, 0.1) is 25.9 Å². The fraction of sp³-hybridized carbons (Fsp3) is 1.00. The quantitative estimate of drug-likeness (QED) is 0.406. The first kappa shape index (κ1) is 17.0. The molecule has 0 heterocycles. The molecule has 104 valence electrons. The van der Waals surface area contributed by atoms with E-state index in [1.54, 1.807) is 21.3 Å². The van der Waals surface area contributed by atoms with E-state index >= 15 is 0 Å². The van der Waals surface area contributed by atoms with Crippen LogP contribution in [0.15, 0.2) is 0 Å². The summed E-state index contributed by atoms with van der Waals surface area (Å²) < 4.78 is 20.8. The normalized spacial score (nSPS) is 13.9. The van der Waals surface area contributed by atoms with Crippen LogP contribution < -0.4 is 0 Å². The molecule has 0 spiro atoms. The second-order valence-corrected chi connectivity index (χ2v) is 6.73. The Bertz CT molecular complexity index is 168. The molecule has 0 radical (unpaired) electrons. The Labute approximate surface area is 104 Å². The van der Waals surface area contributed by atoms with Crippen molar-refractivity contribution in [1.82, 2.24) is 0 Å².